The van der Waals surface area contributed by atoms with Gasteiger partial charge >= 0.3 is 0 Å². The van der Waals surface area contributed by atoms with Crippen molar-refractivity contribution >= 4 is 12.4 Å². The van der Waals surface area contributed by atoms with Gasteiger partial charge in [-0.3, -0.25) is 4.67 Å². The molecular weight excluding hydrogens is 62.1 g/mol. The Hall–Kier alpha value is -0.550. The predicted octanol–water partition coefficient (Wildman–Crippen LogP) is 0.112. The van der Waals surface area contributed by atoms with Gasteiger partial charge in [-0.2, -0.15) is 0 Å². The van der Waals surface area contributed by atoms with Crippen molar-refractivity contribution < 1.29 is 0 Å². The highest BCUT2D eigenvalue weighted by molar-refractivity contribution is 5.78. The number of nitrogens with zero attached hydrogens (tertiary/aromatic N) is 1. The first kappa shape index (κ1) is 4.45. The first-order valence-electron chi connectivity index (χ1n) is 1.48. The van der Waals surface area contributed by atoms with Gasteiger partial charge in [0.2, 0.25) is 0 Å². The van der Waals surface area contributed by atoms with Crippen molar-refractivity contribution in [3.05, 3.63) is 0 Å². The molecule has 0 saturated heterocycles. The number of hydrogen-bond acceptors (Lipinski definition) is 0. The molecule has 0 rings (SSSR count). The average Bonchev–Trinajstić information content (AvgIpc) is 1.38. The molecule has 1 heteroatoms. The summed E-state index contributed by atoms with van der Waals surface area (Å²) in [6.07, 6.45) is 0. The van der Waals surface area contributed by atoms with Gasteiger partial charge in [0, 0.05) is 0 Å². The summed E-state index contributed by atoms with van der Waals surface area (Å²) in [5.74, 6) is 0. The fourth-order valence-corrected chi connectivity index (χ4v) is 0. The Morgan fingerprint density at radius 3 is 1.80 bits per heavy atom. The summed E-state index contributed by atoms with van der Waals surface area (Å²) in [7, 11) is 0. The van der Waals surface area contributed by atoms with Gasteiger partial charge in [0.15, 0.2) is 0 Å². The molecule has 0 unspecified atom stereocenters. The van der Waals surface area contributed by atoms with Crippen molar-refractivity contribution in [3.63, 3.8) is 0 Å². The van der Waals surface area contributed by atoms with Gasteiger partial charge in [0.05, 0.1) is 0 Å². The van der Waals surface area contributed by atoms with E-state index in [2.05, 4.69) is 4.67 Å². The first-order chi connectivity index (χ1) is 2.27. The van der Waals surface area contributed by atoms with E-state index in [4.69, 9.17) is 6.72 Å². The lowest BCUT2D eigenvalue weighted by Crippen LogP contribution is -1.80. The Balaban J connectivity index is 3.60. The summed E-state index contributed by atoms with van der Waals surface area (Å²) in [5.41, 5.74) is 0.907. The van der Waals surface area contributed by atoms with Crippen molar-refractivity contribution in [1.29, 1.82) is 0 Å². The summed E-state index contributed by atoms with van der Waals surface area (Å²) in [6.45, 7) is 8.45. The third-order valence-electron chi connectivity index (χ3n) is 0.258. The zero-order chi connectivity index (χ0) is 4.28. The van der Waals surface area contributed by atoms with E-state index < -0.39 is 0 Å². The van der Waals surface area contributed by atoms with E-state index in [0.29, 0.717) is 0 Å². The van der Waals surface area contributed by atoms with E-state index in [-0.39, 0.29) is 0 Å². The van der Waals surface area contributed by atoms with Crippen molar-refractivity contribution in [3.8, 4) is 0 Å². The number of hydrogen-bond donors (Lipinski definition) is 0. The van der Waals surface area contributed by atoms with Gasteiger partial charge in [-0.1, -0.05) is 0 Å². The molecule has 0 atom stereocenters. The SMILES string of the molecule is [CH-]=[N+]=C(C)C. The summed E-state index contributed by atoms with van der Waals surface area (Å²) in [6, 6.07) is 0. The minimum Gasteiger partial charge on any atom is -0.296 e. The molecule has 0 N–H and O–H groups in total. The third kappa shape index (κ3) is 3.45. The van der Waals surface area contributed by atoms with E-state index in [1.807, 2.05) is 13.8 Å². The minimum absolute atomic E-state index is 0.907. The summed E-state index contributed by atoms with van der Waals surface area (Å²) < 4.78 is 3.31. The van der Waals surface area contributed by atoms with E-state index in [0.717, 1.165) is 5.71 Å². The Morgan fingerprint density at radius 1 is 1.60 bits per heavy atom. The Morgan fingerprint density at radius 2 is 1.80 bits per heavy atom. The van der Waals surface area contributed by atoms with E-state index in [9.17, 15) is 0 Å². The standard InChI is InChI=1S/C4H7N/c1-4(2)5-3/h3H,1-2H3. The summed E-state index contributed by atoms with van der Waals surface area (Å²) in [4.78, 5) is 0. The van der Waals surface area contributed by atoms with Crippen LogP contribution in [0.2, 0.25) is 0 Å². The third-order valence-corrected chi connectivity index (χ3v) is 0.258. The van der Waals surface area contributed by atoms with E-state index in [1.54, 1.807) is 0 Å². The van der Waals surface area contributed by atoms with Crippen LogP contribution in [0.5, 0.6) is 0 Å². The Bertz CT molecular complexity index is 63.7. The second kappa shape index (κ2) is 1.74. The minimum atomic E-state index is 0.907. The van der Waals surface area contributed by atoms with Crippen LogP contribution in [0.25, 0.3) is 0 Å². The molecule has 0 amide bonds. The fraction of sp³-hybridized carbons (Fsp3) is 0.500. The molecule has 0 aliphatic heterocycles. The highest BCUT2D eigenvalue weighted by Gasteiger charge is 1.64. The maximum Gasteiger partial charge on any atom is 0.142 e. The van der Waals surface area contributed by atoms with Crippen molar-refractivity contribution in [2.24, 2.45) is 0 Å². The molecule has 0 aromatic rings. The maximum atomic E-state index is 4.76. The highest BCUT2D eigenvalue weighted by atomic mass is 14.5. The van der Waals surface area contributed by atoms with Crippen LogP contribution in [0.4, 0.5) is 0 Å². The average molecular weight is 69.1 g/mol. The molecular formula is C4H7N. The second-order valence-electron chi connectivity index (χ2n) is 1.08. The molecule has 0 radical (unpaired) electrons. The lowest BCUT2D eigenvalue weighted by Gasteiger charge is -1.62. The summed E-state index contributed by atoms with van der Waals surface area (Å²) >= 11 is 0. The smallest absolute Gasteiger partial charge is 0.142 e. The van der Waals surface area contributed by atoms with E-state index >= 15 is 0 Å². The lowest BCUT2D eigenvalue weighted by atomic mass is 10.5. The van der Waals surface area contributed by atoms with Gasteiger partial charge in [0.1, 0.15) is 12.4 Å². The predicted molar refractivity (Wildman–Crippen MR) is 24.6 cm³/mol. The van der Waals surface area contributed by atoms with Gasteiger partial charge in [-0.15, -0.1) is 0 Å². The zero-order valence-electron chi connectivity index (χ0n) is 3.52. The van der Waals surface area contributed by atoms with Crippen LogP contribution >= 0.6 is 0 Å². The molecule has 0 aliphatic rings. The quantitative estimate of drug-likeness (QED) is 0.218. The number of rotatable bonds is 0. The molecule has 0 aromatic heterocycles. The highest BCUT2D eigenvalue weighted by Crippen LogP contribution is 1.50. The molecule has 0 aliphatic carbocycles. The topological polar surface area (TPSA) is 14.1 Å². The molecule has 28 valence electrons. The monoisotopic (exact) mass is 69.1 g/mol. The van der Waals surface area contributed by atoms with Crippen LogP contribution in [-0.4, -0.2) is 12.4 Å². The fourth-order valence-electron chi connectivity index (χ4n) is 0. The van der Waals surface area contributed by atoms with Crippen LogP contribution in [0, 0.1) is 0 Å². The summed E-state index contributed by atoms with van der Waals surface area (Å²) in [5, 5.41) is 0. The zero-order valence-corrected chi connectivity index (χ0v) is 3.52. The Kier molecular flexibility index (Phi) is 1.55. The van der Waals surface area contributed by atoms with Crippen molar-refractivity contribution in [1.82, 2.24) is 4.67 Å². The first-order valence-corrected chi connectivity index (χ1v) is 1.48. The van der Waals surface area contributed by atoms with Crippen LogP contribution in [0.3, 0.4) is 0 Å². The lowest BCUT2D eigenvalue weighted by molar-refractivity contribution is 1.59. The van der Waals surface area contributed by atoms with Gasteiger partial charge < -0.3 is 0 Å². The molecule has 5 heavy (non-hydrogen) atoms. The van der Waals surface area contributed by atoms with Gasteiger partial charge in [-0.05, 0) is 13.8 Å². The molecule has 0 heterocycles. The van der Waals surface area contributed by atoms with Crippen LogP contribution < -0.4 is 4.67 Å². The molecule has 1 nitrogen and oxygen atoms in total. The van der Waals surface area contributed by atoms with Gasteiger partial charge in [-0.25, -0.2) is 0 Å². The maximum absolute atomic E-state index is 4.76. The Labute approximate surface area is 32.1 Å². The van der Waals surface area contributed by atoms with E-state index in [1.165, 1.54) is 0 Å². The molecule has 0 bridgehead atoms. The van der Waals surface area contributed by atoms with Gasteiger partial charge in [0.25, 0.3) is 0 Å². The van der Waals surface area contributed by atoms with Crippen molar-refractivity contribution in [2.75, 3.05) is 0 Å². The largest absolute Gasteiger partial charge is 0.296 e. The van der Waals surface area contributed by atoms with Crippen LogP contribution in [0.1, 0.15) is 13.8 Å². The second-order valence-corrected chi connectivity index (χ2v) is 1.08. The molecule has 0 aromatic carbocycles. The van der Waals surface area contributed by atoms with Crippen molar-refractivity contribution in [2.45, 2.75) is 13.8 Å². The van der Waals surface area contributed by atoms with Crippen LogP contribution in [-0.2, 0) is 0 Å². The normalized spacial score (nSPS) is 6.00. The molecule has 0 fully saturated rings. The van der Waals surface area contributed by atoms with Crippen LogP contribution in [0.15, 0.2) is 0 Å². The molecule has 0 spiro atoms. The molecule has 0 saturated carbocycles.